The lowest BCUT2D eigenvalue weighted by Gasteiger charge is -2.47. The third-order valence-electron chi connectivity index (χ3n) is 5.59. The van der Waals surface area contributed by atoms with Crippen LogP contribution in [0.4, 0.5) is 0 Å². The van der Waals surface area contributed by atoms with Gasteiger partial charge < -0.3 is 47.7 Å². The van der Waals surface area contributed by atoms with Gasteiger partial charge in [-0.1, -0.05) is 0 Å². The highest BCUT2D eigenvalue weighted by Gasteiger charge is 2.56. The summed E-state index contributed by atoms with van der Waals surface area (Å²) in [6.45, 7) is 7.41. The number of hydrogen-bond acceptors (Lipinski definition) is 16. The highest BCUT2D eigenvalue weighted by Crippen LogP contribution is 2.34. The highest BCUT2D eigenvalue weighted by atomic mass is 16.8. The first-order valence-corrected chi connectivity index (χ1v) is 12.2. The molecule has 10 atom stereocenters. The van der Waals surface area contributed by atoms with Crippen LogP contribution in [0.2, 0.25) is 0 Å². The number of aliphatic hydroxyl groups excluding tert-OH is 1. The molecule has 1 N–H and O–H groups in total. The van der Waals surface area contributed by atoms with Crippen molar-refractivity contribution in [2.75, 3.05) is 6.61 Å². The van der Waals surface area contributed by atoms with Crippen LogP contribution < -0.4 is 0 Å². The number of carbonyl (C=O) groups is 6. The number of esters is 6. The zero-order valence-corrected chi connectivity index (χ0v) is 23.1. The summed E-state index contributed by atoms with van der Waals surface area (Å²) in [5, 5.41) is 10.7. The summed E-state index contributed by atoms with van der Waals surface area (Å²) in [7, 11) is 0. The zero-order valence-electron chi connectivity index (χ0n) is 23.1. The molecule has 2 saturated heterocycles. The summed E-state index contributed by atoms with van der Waals surface area (Å²) < 4.78 is 48.8. The van der Waals surface area contributed by atoms with Crippen molar-refractivity contribution >= 4 is 35.8 Å². The second kappa shape index (κ2) is 14.3. The van der Waals surface area contributed by atoms with Gasteiger partial charge >= 0.3 is 35.8 Å². The standard InChI is InChI=1S/C24H34O16/c1-9-17(34-11(3)26)19(36-13(5)28)22(38-15(7)30)24(33-9)40-20-18(35-12(4)27)16(8-32-10(2)25)39-23(31)21(20)37-14(6)29/h9,16-24,31H,8H2,1-7H3/t9-,16+,17-,18-,19+,20-,21+,22+,23+,24-/m0/s1. The van der Waals surface area contributed by atoms with Crippen LogP contribution in [0.5, 0.6) is 0 Å². The van der Waals surface area contributed by atoms with Crippen LogP contribution >= 0.6 is 0 Å². The van der Waals surface area contributed by atoms with E-state index in [1.54, 1.807) is 0 Å². The Morgan fingerprint density at radius 3 is 1.52 bits per heavy atom. The molecule has 0 unspecified atom stereocenters. The molecule has 0 radical (unpaired) electrons. The number of rotatable bonds is 9. The maximum Gasteiger partial charge on any atom is 0.303 e. The predicted octanol–water partition coefficient (Wildman–Crippen LogP) is -0.945. The van der Waals surface area contributed by atoms with Gasteiger partial charge in [-0.2, -0.15) is 0 Å². The Hall–Kier alpha value is -3.34. The summed E-state index contributed by atoms with van der Waals surface area (Å²) in [6, 6.07) is 0. The van der Waals surface area contributed by atoms with Crippen molar-refractivity contribution in [2.24, 2.45) is 0 Å². The number of carbonyl (C=O) groups excluding carboxylic acids is 6. The van der Waals surface area contributed by atoms with Gasteiger partial charge in [0.2, 0.25) is 0 Å². The molecular weight excluding hydrogens is 544 g/mol. The van der Waals surface area contributed by atoms with Gasteiger partial charge in [-0.15, -0.1) is 0 Å². The maximum absolute atomic E-state index is 12.0. The molecule has 0 saturated carbocycles. The highest BCUT2D eigenvalue weighted by molar-refractivity contribution is 5.69. The van der Waals surface area contributed by atoms with Gasteiger partial charge in [-0.25, -0.2) is 0 Å². The van der Waals surface area contributed by atoms with Crippen LogP contribution in [0, 0.1) is 0 Å². The largest absolute Gasteiger partial charge is 0.463 e. The Kier molecular flexibility index (Phi) is 11.8. The SMILES string of the molecule is CC(=O)OC[C@H]1O[C@@H](O)[C@H](OC(C)=O)[C@@H](O[C@@H]2O[C@@H](C)[C@H](OC(C)=O)[C@@H](OC(C)=O)[C@H]2OC(C)=O)[C@H]1OC(C)=O. The molecule has 40 heavy (non-hydrogen) atoms. The minimum absolute atomic E-state index is 0.503. The van der Waals surface area contributed by atoms with E-state index in [1.807, 2.05) is 0 Å². The molecule has 2 aliphatic heterocycles. The Bertz CT molecular complexity index is 965. The molecule has 0 aliphatic carbocycles. The van der Waals surface area contributed by atoms with Gasteiger partial charge in [0.1, 0.15) is 18.8 Å². The minimum Gasteiger partial charge on any atom is -0.463 e. The van der Waals surface area contributed by atoms with Crippen LogP contribution in [0.1, 0.15) is 48.5 Å². The van der Waals surface area contributed by atoms with Gasteiger partial charge in [0.05, 0.1) is 6.10 Å². The molecule has 2 fully saturated rings. The summed E-state index contributed by atoms with van der Waals surface area (Å²) in [5.41, 5.74) is 0. The van der Waals surface area contributed by atoms with Gasteiger partial charge in [0.15, 0.2) is 43.1 Å². The van der Waals surface area contributed by atoms with E-state index in [2.05, 4.69) is 0 Å². The Morgan fingerprint density at radius 2 is 1.02 bits per heavy atom. The van der Waals surface area contributed by atoms with E-state index in [1.165, 1.54) is 6.92 Å². The van der Waals surface area contributed by atoms with E-state index < -0.39 is 104 Å². The Morgan fingerprint density at radius 1 is 0.575 bits per heavy atom. The molecule has 2 aliphatic rings. The van der Waals surface area contributed by atoms with Crippen molar-refractivity contribution in [1.29, 1.82) is 0 Å². The van der Waals surface area contributed by atoms with Gasteiger partial charge in [0.25, 0.3) is 0 Å². The van der Waals surface area contributed by atoms with Crippen LogP contribution in [0.15, 0.2) is 0 Å². The first-order chi connectivity index (χ1) is 18.6. The topological polar surface area (TPSA) is 206 Å². The number of aliphatic hydroxyl groups is 1. The van der Waals surface area contributed by atoms with Crippen LogP contribution in [0.3, 0.4) is 0 Å². The van der Waals surface area contributed by atoms with Crippen molar-refractivity contribution in [3.63, 3.8) is 0 Å². The molecule has 16 heteroatoms. The lowest BCUT2D eigenvalue weighted by molar-refractivity contribution is -0.354. The molecule has 2 heterocycles. The molecule has 0 amide bonds. The molecular formula is C24H34O16. The van der Waals surface area contributed by atoms with Crippen LogP contribution in [-0.4, -0.2) is 109 Å². The first kappa shape index (κ1) is 32.9. The fraction of sp³-hybridized carbons (Fsp3) is 0.750. The van der Waals surface area contributed by atoms with Crippen molar-refractivity contribution in [3.05, 3.63) is 0 Å². The lowest BCUT2D eigenvalue weighted by Crippen LogP contribution is -2.66. The molecule has 2 rings (SSSR count). The first-order valence-electron chi connectivity index (χ1n) is 12.2. The third kappa shape index (κ3) is 9.11. The van der Waals surface area contributed by atoms with Crippen LogP contribution in [0.25, 0.3) is 0 Å². The maximum atomic E-state index is 12.0. The summed E-state index contributed by atoms with van der Waals surface area (Å²) in [5.74, 6) is -4.84. The number of ether oxygens (including phenoxy) is 9. The Balaban J connectivity index is 2.56. The quantitative estimate of drug-likeness (QED) is 0.259. The summed E-state index contributed by atoms with van der Waals surface area (Å²) >= 11 is 0. The Labute approximate surface area is 229 Å². The average Bonchev–Trinajstić information content (AvgIpc) is 2.80. The fourth-order valence-corrected chi connectivity index (χ4v) is 4.27. The van der Waals surface area contributed by atoms with Crippen molar-refractivity contribution in [1.82, 2.24) is 0 Å². The van der Waals surface area contributed by atoms with E-state index in [9.17, 15) is 33.9 Å². The van der Waals surface area contributed by atoms with E-state index in [0.29, 0.717) is 0 Å². The van der Waals surface area contributed by atoms with Gasteiger partial charge in [-0.05, 0) is 6.92 Å². The molecule has 0 bridgehead atoms. The molecule has 0 aromatic rings. The third-order valence-corrected chi connectivity index (χ3v) is 5.59. The van der Waals surface area contributed by atoms with E-state index in [-0.39, 0.29) is 0 Å². The lowest BCUT2D eigenvalue weighted by atomic mass is 9.96. The second-order valence-corrected chi connectivity index (χ2v) is 9.05. The van der Waals surface area contributed by atoms with Gasteiger partial charge in [0, 0.05) is 41.5 Å². The monoisotopic (exact) mass is 578 g/mol. The zero-order chi connectivity index (χ0) is 30.3. The molecule has 0 aromatic carbocycles. The predicted molar refractivity (Wildman–Crippen MR) is 124 cm³/mol. The summed E-state index contributed by atoms with van der Waals surface area (Å²) in [4.78, 5) is 71.0. The van der Waals surface area contributed by atoms with Gasteiger partial charge in [-0.3, -0.25) is 28.8 Å². The molecule has 0 aromatic heterocycles. The average molecular weight is 579 g/mol. The van der Waals surface area contributed by atoms with E-state index >= 15 is 0 Å². The minimum atomic E-state index is -1.87. The molecule has 226 valence electrons. The summed E-state index contributed by atoms with van der Waals surface area (Å²) in [6.07, 6.45) is -14.7. The normalized spacial score (nSPS) is 33.6. The van der Waals surface area contributed by atoms with Crippen LogP contribution in [-0.2, 0) is 71.4 Å². The van der Waals surface area contributed by atoms with E-state index in [4.69, 9.17) is 42.6 Å². The van der Waals surface area contributed by atoms with Crippen molar-refractivity contribution in [2.45, 2.75) is 110 Å². The van der Waals surface area contributed by atoms with Crippen molar-refractivity contribution < 1.29 is 76.5 Å². The fourth-order valence-electron chi connectivity index (χ4n) is 4.27. The molecule has 0 spiro atoms. The number of hydrogen-bond donors (Lipinski definition) is 1. The van der Waals surface area contributed by atoms with Crippen molar-refractivity contribution in [3.8, 4) is 0 Å². The smallest absolute Gasteiger partial charge is 0.303 e. The van der Waals surface area contributed by atoms with E-state index in [0.717, 1.165) is 41.5 Å². The second-order valence-electron chi connectivity index (χ2n) is 9.05. The molecule has 16 nitrogen and oxygen atoms in total.